The number of para-hydroxylation sites is 1. The van der Waals surface area contributed by atoms with E-state index in [-0.39, 0.29) is 5.91 Å². The molecule has 5 nitrogen and oxygen atoms in total. The number of benzene rings is 2. The molecule has 27 heavy (non-hydrogen) atoms. The van der Waals surface area contributed by atoms with Crippen LogP contribution < -0.4 is 10.1 Å². The lowest BCUT2D eigenvalue weighted by Crippen LogP contribution is -2.30. The lowest BCUT2D eigenvalue weighted by atomic mass is 10.1. The zero-order chi connectivity index (χ0) is 20.0. The first-order valence-corrected chi connectivity index (χ1v) is 9.09. The van der Waals surface area contributed by atoms with Crippen LogP contribution in [0.3, 0.4) is 0 Å². The Hall–Kier alpha value is -2.82. The maximum absolute atomic E-state index is 12.4. The van der Waals surface area contributed by atoms with E-state index in [1.54, 1.807) is 31.2 Å². The van der Waals surface area contributed by atoms with Gasteiger partial charge in [0.15, 0.2) is 6.10 Å². The molecule has 0 aliphatic rings. The maximum atomic E-state index is 12.4. The average molecular weight is 369 g/mol. The summed E-state index contributed by atoms with van der Waals surface area (Å²) in [6.07, 6.45) is -0.909. The Morgan fingerprint density at radius 3 is 2.11 bits per heavy atom. The zero-order valence-electron chi connectivity index (χ0n) is 16.5. The molecule has 144 valence electrons. The Balaban J connectivity index is 1.95. The van der Waals surface area contributed by atoms with Crippen LogP contribution in [0.5, 0.6) is 5.75 Å². The van der Waals surface area contributed by atoms with Gasteiger partial charge in [-0.3, -0.25) is 4.79 Å². The van der Waals surface area contributed by atoms with Crippen molar-refractivity contribution in [1.82, 2.24) is 0 Å². The SMILES string of the molecule is Cc1cccc(C)c1NC(=O)[C@@H](C)OC(=O)c1ccc(OCC(C)C)cc1. The standard InChI is InChI=1S/C22H27NO4/c1-14(2)13-26-19-11-9-18(10-12-19)22(25)27-17(5)21(24)23-20-15(3)7-6-8-16(20)4/h6-12,14,17H,13H2,1-5H3,(H,23,24)/t17-/m1/s1. The maximum Gasteiger partial charge on any atom is 0.338 e. The minimum absolute atomic E-state index is 0.363. The molecule has 5 heteroatoms. The van der Waals surface area contributed by atoms with E-state index in [0.29, 0.717) is 23.8 Å². The van der Waals surface area contributed by atoms with Gasteiger partial charge in [0.05, 0.1) is 12.2 Å². The van der Waals surface area contributed by atoms with Gasteiger partial charge in [-0.25, -0.2) is 4.79 Å². The summed E-state index contributed by atoms with van der Waals surface area (Å²) in [5, 5.41) is 2.84. The van der Waals surface area contributed by atoms with Crippen molar-refractivity contribution in [3.63, 3.8) is 0 Å². The van der Waals surface area contributed by atoms with Crippen molar-refractivity contribution in [3.05, 3.63) is 59.2 Å². The number of anilines is 1. The fraction of sp³-hybridized carbons (Fsp3) is 0.364. The number of ether oxygens (including phenoxy) is 2. The highest BCUT2D eigenvalue weighted by Gasteiger charge is 2.20. The second-order valence-electron chi connectivity index (χ2n) is 7.03. The van der Waals surface area contributed by atoms with E-state index in [1.807, 2.05) is 32.0 Å². The second-order valence-corrected chi connectivity index (χ2v) is 7.03. The van der Waals surface area contributed by atoms with E-state index in [9.17, 15) is 9.59 Å². The number of nitrogens with one attached hydrogen (secondary N) is 1. The van der Waals surface area contributed by atoms with Crippen LogP contribution >= 0.6 is 0 Å². The predicted molar refractivity (Wildman–Crippen MR) is 106 cm³/mol. The molecule has 1 amide bonds. The van der Waals surface area contributed by atoms with Gasteiger partial charge in [0, 0.05) is 5.69 Å². The van der Waals surface area contributed by atoms with Crippen molar-refractivity contribution < 1.29 is 19.1 Å². The van der Waals surface area contributed by atoms with Gasteiger partial charge in [-0.05, 0) is 62.1 Å². The minimum Gasteiger partial charge on any atom is -0.493 e. The third kappa shape index (κ3) is 5.84. The summed E-state index contributed by atoms with van der Waals surface area (Å²) in [5.41, 5.74) is 3.04. The third-order valence-corrected chi connectivity index (χ3v) is 4.06. The van der Waals surface area contributed by atoms with Gasteiger partial charge in [0.25, 0.3) is 5.91 Å². The summed E-state index contributed by atoms with van der Waals surface area (Å²) < 4.78 is 10.9. The first-order chi connectivity index (χ1) is 12.8. The highest BCUT2D eigenvalue weighted by Crippen LogP contribution is 2.20. The molecule has 0 spiro atoms. The van der Waals surface area contributed by atoms with Crippen molar-refractivity contribution >= 4 is 17.6 Å². The molecule has 2 aromatic rings. The van der Waals surface area contributed by atoms with Gasteiger partial charge in [0.2, 0.25) is 0 Å². The van der Waals surface area contributed by atoms with Crippen molar-refractivity contribution in [1.29, 1.82) is 0 Å². The normalized spacial score (nSPS) is 11.8. The highest BCUT2D eigenvalue weighted by molar-refractivity contribution is 5.98. The molecule has 0 bridgehead atoms. The third-order valence-electron chi connectivity index (χ3n) is 4.06. The number of rotatable bonds is 7. The van der Waals surface area contributed by atoms with Crippen LogP contribution in [0.15, 0.2) is 42.5 Å². The molecule has 1 N–H and O–H groups in total. The number of hydrogen-bond acceptors (Lipinski definition) is 4. The lowest BCUT2D eigenvalue weighted by molar-refractivity contribution is -0.123. The van der Waals surface area contributed by atoms with Gasteiger partial charge >= 0.3 is 5.97 Å². The number of carbonyl (C=O) groups is 2. The molecule has 0 saturated heterocycles. The summed E-state index contributed by atoms with van der Waals surface area (Å²) in [5.74, 6) is 0.208. The van der Waals surface area contributed by atoms with Gasteiger partial charge in [0.1, 0.15) is 5.75 Å². The number of carbonyl (C=O) groups excluding carboxylic acids is 2. The summed E-state index contributed by atoms with van der Waals surface area (Å²) in [7, 11) is 0. The lowest BCUT2D eigenvalue weighted by Gasteiger charge is -2.16. The van der Waals surface area contributed by atoms with Crippen molar-refractivity contribution in [2.75, 3.05) is 11.9 Å². The second kappa shape index (κ2) is 9.21. The molecular formula is C22H27NO4. The zero-order valence-corrected chi connectivity index (χ0v) is 16.5. The monoisotopic (exact) mass is 369 g/mol. The summed E-state index contributed by atoms with van der Waals surface area (Å²) in [6.45, 7) is 10.1. The molecule has 0 radical (unpaired) electrons. The summed E-state index contributed by atoms with van der Waals surface area (Å²) in [4.78, 5) is 24.7. The summed E-state index contributed by atoms with van der Waals surface area (Å²) in [6, 6.07) is 12.5. The molecule has 0 unspecified atom stereocenters. The first kappa shape index (κ1) is 20.5. The summed E-state index contributed by atoms with van der Waals surface area (Å²) >= 11 is 0. The number of amides is 1. The molecule has 2 aromatic carbocycles. The molecule has 0 aliphatic carbocycles. The Kier molecular flexibility index (Phi) is 6.99. The Morgan fingerprint density at radius 1 is 0.963 bits per heavy atom. The van der Waals surface area contributed by atoms with Crippen LogP contribution in [0.4, 0.5) is 5.69 Å². The van der Waals surface area contributed by atoms with E-state index < -0.39 is 12.1 Å². The number of aryl methyl sites for hydroxylation is 2. The van der Waals surface area contributed by atoms with Gasteiger partial charge in [-0.2, -0.15) is 0 Å². The minimum atomic E-state index is -0.909. The molecule has 0 fully saturated rings. The van der Waals surface area contributed by atoms with Crippen molar-refractivity contribution in [2.24, 2.45) is 5.92 Å². The van der Waals surface area contributed by atoms with Crippen LogP contribution in [-0.4, -0.2) is 24.6 Å². The van der Waals surface area contributed by atoms with Gasteiger partial charge < -0.3 is 14.8 Å². The molecule has 2 rings (SSSR count). The largest absolute Gasteiger partial charge is 0.493 e. The van der Waals surface area contributed by atoms with E-state index in [2.05, 4.69) is 19.2 Å². The fourth-order valence-corrected chi connectivity index (χ4v) is 2.47. The first-order valence-electron chi connectivity index (χ1n) is 9.09. The predicted octanol–water partition coefficient (Wildman–Crippen LogP) is 4.52. The molecule has 0 heterocycles. The van der Waals surface area contributed by atoms with Crippen LogP contribution in [0, 0.1) is 19.8 Å². The van der Waals surface area contributed by atoms with E-state index in [1.165, 1.54) is 0 Å². The quantitative estimate of drug-likeness (QED) is 0.729. The Morgan fingerprint density at radius 2 is 1.56 bits per heavy atom. The van der Waals surface area contributed by atoms with E-state index in [4.69, 9.17) is 9.47 Å². The Bertz CT molecular complexity index is 776. The van der Waals surface area contributed by atoms with Crippen LogP contribution in [0.25, 0.3) is 0 Å². The van der Waals surface area contributed by atoms with Crippen LogP contribution in [-0.2, 0) is 9.53 Å². The molecule has 1 atom stereocenters. The van der Waals surface area contributed by atoms with Crippen molar-refractivity contribution in [2.45, 2.75) is 40.7 Å². The van der Waals surface area contributed by atoms with E-state index in [0.717, 1.165) is 16.8 Å². The van der Waals surface area contributed by atoms with Crippen molar-refractivity contribution in [3.8, 4) is 5.75 Å². The Labute approximate surface area is 160 Å². The average Bonchev–Trinajstić information content (AvgIpc) is 2.63. The smallest absolute Gasteiger partial charge is 0.338 e. The number of hydrogen-bond donors (Lipinski definition) is 1. The number of esters is 1. The molecule has 0 saturated carbocycles. The molecular weight excluding hydrogens is 342 g/mol. The highest BCUT2D eigenvalue weighted by atomic mass is 16.5. The van der Waals surface area contributed by atoms with Gasteiger partial charge in [-0.15, -0.1) is 0 Å². The fourth-order valence-electron chi connectivity index (χ4n) is 2.47. The van der Waals surface area contributed by atoms with Gasteiger partial charge in [-0.1, -0.05) is 32.0 Å². The topological polar surface area (TPSA) is 64.6 Å². The molecule has 0 aromatic heterocycles. The van der Waals surface area contributed by atoms with Crippen LogP contribution in [0.1, 0.15) is 42.3 Å². The molecule has 0 aliphatic heterocycles. The van der Waals surface area contributed by atoms with Crippen LogP contribution in [0.2, 0.25) is 0 Å². The van der Waals surface area contributed by atoms with E-state index >= 15 is 0 Å².